The molecule has 1 unspecified atom stereocenters. The molecule has 1 saturated carbocycles. The predicted molar refractivity (Wildman–Crippen MR) is 84.6 cm³/mol. The lowest BCUT2D eigenvalue weighted by molar-refractivity contribution is -0.123. The number of rotatable bonds is 8. The van der Waals surface area contributed by atoms with Gasteiger partial charge >= 0.3 is 0 Å². The van der Waals surface area contributed by atoms with Gasteiger partial charge in [0.05, 0.1) is 6.54 Å². The average Bonchev–Trinajstić information content (AvgIpc) is 2.44. The maximum Gasteiger partial charge on any atom is 0.234 e. The van der Waals surface area contributed by atoms with Gasteiger partial charge in [-0.1, -0.05) is 33.1 Å². The van der Waals surface area contributed by atoms with Crippen molar-refractivity contribution in [2.24, 2.45) is 11.7 Å². The SMILES string of the molecule is CC(C)C(C)NC(=O)CN(CCCN)C1CCCCC1. The van der Waals surface area contributed by atoms with E-state index in [2.05, 4.69) is 31.0 Å². The Morgan fingerprint density at radius 3 is 2.45 bits per heavy atom. The van der Waals surface area contributed by atoms with Crippen LogP contribution in [0.2, 0.25) is 0 Å². The molecule has 0 heterocycles. The van der Waals surface area contributed by atoms with Crippen molar-refractivity contribution in [1.82, 2.24) is 10.2 Å². The van der Waals surface area contributed by atoms with Crippen molar-refractivity contribution < 1.29 is 4.79 Å². The van der Waals surface area contributed by atoms with E-state index in [1.54, 1.807) is 0 Å². The summed E-state index contributed by atoms with van der Waals surface area (Å²) in [5.74, 6) is 0.639. The highest BCUT2D eigenvalue weighted by atomic mass is 16.2. The van der Waals surface area contributed by atoms with E-state index in [4.69, 9.17) is 5.73 Å². The van der Waals surface area contributed by atoms with E-state index in [1.807, 2.05) is 0 Å². The van der Waals surface area contributed by atoms with E-state index < -0.39 is 0 Å². The highest BCUT2D eigenvalue weighted by molar-refractivity contribution is 5.78. The summed E-state index contributed by atoms with van der Waals surface area (Å²) in [5.41, 5.74) is 5.63. The average molecular weight is 283 g/mol. The lowest BCUT2D eigenvalue weighted by atomic mass is 9.94. The molecule has 0 aromatic heterocycles. The molecule has 1 aliphatic rings. The number of hydrogen-bond acceptors (Lipinski definition) is 3. The standard InChI is InChI=1S/C16H33N3O/c1-13(2)14(3)18-16(20)12-19(11-7-10-17)15-8-5-4-6-9-15/h13-15H,4-12,17H2,1-3H3,(H,18,20). The van der Waals surface area contributed by atoms with Crippen LogP contribution in [-0.4, -0.2) is 42.5 Å². The van der Waals surface area contributed by atoms with Crippen LogP contribution in [0, 0.1) is 5.92 Å². The minimum Gasteiger partial charge on any atom is -0.352 e. The summed E-state index contributed by atoms with van der Waals surface area (Å²) in [7, 11) is 0. The molecule has 1 amide bonds. The van der Waals surface area contributed by atoms with E-state index in [0.29, 0.717) is 25.0 Å². The fourth-order valence-electron chi connectivity index (χ4n) is 2.78. The Kier molecular flexibility index (Phi) is 8.15. The molecule has 1 aliphatic carbocycles. The fraction of sp³-hybridized carbons (Fsp3) is 0.938. The molecule has 0 spiro atoms. The molecule has 118 valence electrons. The van der Waals surface area contributed by atoms with Crippen LogP contribution in [-0.2, 0) is 4.79 Å². The Balaban J connectivity index is 2.47. The van der Waals surface area contributed by atoms with Crippen molar-refractivity contribution in [2.45, 2.75) is 71.4 Å². The van der Waals surface area contributed by atoms with Crippen LogP contribution in [0.1, 0.15) is 59.3 Å². The van der Waals surface area contributed by atoms with Gasteiger partial charge in [0.1, 0.15) is 0 Å². The maximum atomic E-state index is 12.2. The number of carbonyl (C=O) groups excluding carboxylic acids is 1. The summed E-state index contributed by atoms with van der Waals surface area (Å²) in [5, 5.41) is 3.11. The van der Waals surface area contributed by atoms with Gasteiger partial charge in [0.15, 0.2) is 0 Å². The van der Waals surface area contributed by atoms with E-state index in [9.17, 15) is 4.79 Å². The third-order valence-corrected chi connectivity index (χ3v) is 4.48. The van der Waals surface area contributed by atoms with Gasteiger partial charge < -0.3 is 11.1 Å². The molecule has 3 N–H and O–H groups in total. The van der Waals surface area contributed by atoms with Crippen LogP contribution in [0.4, 0.5) is 0 Å². The Hall–Kier alpha value is -0.610. The second-order valence-electron chi connectivity index (χ2n) is 6.50. The van der Waals surface area contributed by atoms with Gasteiger partial charge in [-0.3, -0.25) is 9.69 Å². The normalized spacial score (nSPS) is 18.5. The number of nitrogens with zero attached hydrogens (tertiary/aromatic N) is 1. The van der Waals surface area contributed by atoms with Crippen molar-refractivity contribution in [1.29, 1.82) is 0 Å². The smallest absolute Gasteiger partial charge is 0.234 e. The van der Waals surface area contributed by atoms with Gasteiger partial charge in [-0.05, 0) is 38.6 Å². The van der Waals surface area contributed by atoms with Gasteiger partial charge in [0.25, 0.3) is 0 Å². The summed E-state index contributed by atoms with van der Waals surface area (Å²) >= 11 is 0. The molecule has 0 saturated heterocycles. The van der Waals surface area contributed by atoms with Crippen molar-refractivity contribution in [3.63, 3.8) is 0 Å². The molecule has 1 fully saturated rings. The Bertz CT molecular complexity index is 275. The first-order valence-electron chi connectivity index (χ1n) is 8.28. The summed E-state index contributed by atoms with van der Waals surface area (Å²) in [4.78, 5) is 14.5. The van der Waals surface area contributed by atoms with Crippen molar-refractivity contribution in [2.75, 3.05) is 19.6 Å². The number of carbonyl (C=O) groups is 1. The fourth-order valence-corrected chi connectivity index (χ4v) is 2.78. The first-order chi connectivity index (χ1) is 9.54. The first-order valence-corrected chi connectivity index (χ1v) is 8.28. The first kappa shape index (κ1) is 17.4. The van der Waals surface area contributed by atoms with Gasteiger partial charge in [0.2, 0.25) is 5.91 Å². The van der Waals surface area contributed by atoms with Gasteiger partial charge in [-0.25, -0.2) is 0 Å². The third-order valence-electron chi connectivity index (χ3n) is 4.48. The van der Waals surface area contributed by atoms with Crippen LogP contribution in [0.15, 0.2) is 0 Å². The van der Waals surface area contributed by atoms with Crippen molar-refractivity contribution in [3.8, 4) is 0 Å². The topological polar surface area (TPSA) is 58.4 Å². The number of hydrogen-bond donors (Lipinski definition) is 2. The van der Waals surface area contributed by atoms with Gasteiger partial charge in [-0.15, -0.1) is 0 Å². The molecule has 4 nitrogen and oxygen atoms in total. The number of nitrogens with two attached hydrogens (primary N) is 1. The number of amides is 1. The second kappa shape index (κ2) is 9.35. The molecule has 0 aromatic rings. The van der Waals surface area contributed by atoms with Crippen LogP contribution in [0.5, 0.6) is 0 Å². The van der Waals surface area contributed by atoms with Crippen molar-refractivity contribution >= 4 is 5.91 Å². The molecule has 20 heavy (non-hydrogen) atoms. The zero-order valence-corrected chi connectivity index (χ0v) is 13.5. The van der Waals surface area contributed by atoms with Gasteiger partial charge in [-0.2, -0.15) is 0 Å². The second-order valence-corrected chi connectivity index (χ2v) is 6.50. The van der Waals surface area contributed by atoms with Crippen LogP contribution < -0.4 is 11.1 Å². The predicted octanol–water partition coefficient (Wildman–Crippen LogP) is 2.13. The van der Waals surface area contributed by atoms with E-state index in [-0.39, 0.29) is 11.9 Å². The molecule has 1 atom stereocenters. The molecular weight excluding hydrogens is 250 g/mol. The van der Waals surface area contributed by atoms with E-state index >= 15 is 0 Å². The number of nitrogens with one attached hydrogen (secondary N) is 1. The lowest BCUT2D eigenvalue weighted by Crippen LogP contribution is -2.47. The van der Waals surface area contributed by atoms with Crippen molar-refractivity contribution in [3.05, 3.63) is 0 Å². The molecule has 0 aliphatic heterocycles. The third kappa shape index (κ3) is 6.23. The van der Waals surface area contributed by atoms with Gasteiger partial charge in [0, 0.05) is 18.6 Å². The monoisotopic (exact) mass is 283 g/mol. The molecule has 1 rings (SSSR count). The maximum absolute atomic E-state index is 12.2. The zero-order valence-electron chi connectivity index (χ0n) is 13.5. The highest BCUT2D eigenvalue weighted by Gasteiger charge is 2.23. The Morgan fingerprint density at radius 2 is 1.90 bits per heavy atom. The van der Waals surface area contributed by atoms with E-state index in [0.717, 1.165) is 13.0 Å². The highest BCUT2D eigenvalue weighted by Crippen LogP contribution is 2.22. The minimum atomic E-state index is 0.161. The van der Waals surface area contributed by atoms with Crippen LogP contribution in [0.3, 0.4) is 0 Å². The van der Waals surface area contributed by atoms with Crippen LogP contribution in [0.25, 0.3) is 0 Å². The molecule has 4 heteroatoms. The summed E-state index contributed by atoms with van der Waals surface area (Å²) in [6.45, 7) is 8.53. The summed E-state index contributed by atoms with van der Waals surface area (Å²) < 4.78 is 0. The Labute approximate surface area is 124 Å². The lowest BCUT2D eigenvalue weighted by Gasteiger charge is -2.34. The Morgan fingerprint density at radius 1 is 1.25 bits per heavy atom. The molecule has 0 radical (unpaired) electrons. The summed E-state index contributed by atoms with van der Waals surface area (Å²) in [6, 6.07) is 0.820. The summed E-state index contributed by atoms with van der Waals surface area (Å²) in [6.07, 6.45) is 7.39. The zero-order chi connectivity index (χ0) is 15.0. The van der Waals surface area contributed by atoms with E-state index in [1.165, 1.54) is 32.1 Å². The largest absolute Gasteiger partial charge is 0.352 e. The molecular formula is C16H33N3O. The van der Waals surface area contributed by atoms with Crippen LogP contribution >= 0.6 is 0 Å². The minimum absolute atomic E-state index is 0.161. The quantitative estimate of drug-likeness (QED) is 0.717. The molecule has 0 bridgehead atoms. The molecule has 0 aromatic carbocycles.